The molecule has 0 radical (unpaired) electrons. The van der Waals surface area contributed by atoms with Crippen molar-refractivity contribution in [2.75, 3.05) is 21.3 Å². The highest BCUT2D eigenvalue weighted by Gasteiger charge is 2.44. The smallest absolute Gasteiger partial charge is 0.322 e. The third-order valence-corrected chi connectivity index (χ3v) is 3.74. The summed E-state index contributed by atoms with van der Waals surface area (Å²) >= 11 is 0. The lowest BCUT2D eigenvalue weighted by atomic mass is 9.93. The molecule has 1 fully saturated rings. The zero-order valence-corrected chi connectivity index (χ0v) is 12.3. The van der Waals surface area contributed by atoms with E-state index in [0.29, 0.717) is 12.2 Å². The number of hydrogen-bond donors (Lipinski definition) is 1. The molecule has 21 heavy (non-hydrogen) atoms. The van der Waals surface area contributed by atoms with Gasteiger partial charge in [0.05, 0.1) is 27.2 Å². The van der Waals surface area contributed by atoms with Crippen LogP contribution >= 0.6 is 0 Å². The van der Waals surface area contributed by atoms with Crippen molar-refractivity contribution in [1.82, 2.24) is 5.32 Å². The van der Waals surface area contributed by atoms with Crippen molar-refractivity contribution in [3.05, 3.63) is 29.8 Å². The second kappa shape index (κ2) is 6.58. The average Bonchev–Trinajstić information content (AvgIpc) is 2.98. The molecule has 6 heteroatoms. The Labute approximate surface area is 123 Å². The van der Waals surface area contributed by atoms with Gasteiger partial charge < -0.3 is 14.2 Å². The maximum absolute atomic E-state index is 12.0. The van der Waals surface area contributed by atoms with Crippen molar-refractivity contribution in [3.8, 4) is 5.75 Å². The summed E-state index contributed by atoms with van der Waals surface area (Å²) in [5, 5.41) is 3.14. The van der Waals surface area contributed by atoms with Gasteiger partial charge in [-0.1, -0.05) is 18.2 Å². The highest BCUT2D eigenvalue weighted by Crippen LogP contribution is 2.38. The number of rotatable bonds is 4. The average molecular weight is 293 g/mol. The predicted octanol–water partition coefficient (Wildman–Crippen LogP) is 1.06. The molecule has 0 bridgehead atoms. The maximum Gasteiger partial charge on any atom is 0.322 e. The monoisotopic (exact) mass is 293 g/mol. The first kappa shape index (κ1) is 15.3. The molecule has 2 rings (SSSR count). The molecular weight excluding hydrogens is 274 g/mol. The molecule has 0 saturated carbocycles. The molecule has 1 aliphatic heterocycles. The van der Waals surface area contributed by atoms with E-state index in [4.69, 9.17) is 14.2 Å². The van der Waals surface area contributed by atoms with E-state index in [2.05, 4.69) is 5.32 Å². The molecule has 1 heterocycles. The van der Waals surface area contributed by atoms with Crippen LogP contribution in [0.4, 0.5) is 0 Å². The standard InChI is InChI=1S/C15H19NO5/c1-19-12-7-5-4-6-9(12)13-10(14(17)20-2)8-11(16-13)15(18)21-3/h4-7,10-11,13,16H,8H2,1-3H3/t10-,11-,13?/m0/s1. The van der Waals surface area contributed by atoms with Gasteiger partial charge in [-0.15, -0.1) is 0 Å². The molecule has 0 spiro atoms. The first-order valence-corrected chi connectivity index (χ1v) is 6.67. The second-order valence-electron chi connectivity index (χ2n) is 4.83. The zero-order chi connectivity index (χ0) is 15.4. The molecular formula is C15H19NO5. The van der Waals surface area contributed by atoms with Crippen molar-refractivity contribution in [2.45, 2.75) is 18.5 Å². The van der Waals surface area contributed by atoms with E-state index in [9.17, 15) is 9.59 Å². The SMILES string of the molecule is COC(=O)[C@@H]1C[C@H](C(=O)OC)C(c2ccccc2OC)N1. The lowest BCUT2D eigenvalue weighted by Crippen LogP contribution is -2.33. The Morgan fingerprint density at radius 3 is 2.38 bits per heavy atom. The van der Waals surface area contributed by atoms with Crippen LogP contribution in [-0.4, -0.2) is 39.3 Å². The van der Waals surface area contributed by atoms with E-state index >= 15 is 0 Å². The number of esters is 2. The van der Waals surface area contributed by atoms with Crippen molar-refractivity contribution < 1.29 is 23.8 Å². The second-order valence-corrected chi connectivity index (χ2v) is 4.83. The minimum Gasteiger partial charge on any atom is -0.496 e. The van der Waals surface area contributed by atoms with Gasteiger partial charge in [0, 0.05) is 11.6 Å². The van der Waals surface area contributed by atoms with Crippen molar-refractivity contribution in [1.29, 1.82) is 0 Å². The molecule has 1 aromatic rings. The van der Waals surface area contributed by atoms with Crippen LogP contribution in [0, 0.1) is 5.92 Å². The number of methoxy groups -OCH3 is 3. The predicted molar refractivity (Wildman–Crippen MR) is 74.8 cm³/mol. The number of ether oxygens (including phenoxy) is 3. The topological polar surface area (TPSA) is 73.9 Å². The molecule has 1 N–H and O–H groups in total. The van der Waals surface area contributed by atoms with E-state index in [-0.39, 0.29) is 18.0 Å². The molecule has 6 nitrogen and oxygen atoms in total. The lowest BCUT2D eigenvalue weighted by Gasteiger charge is -2.20. The molecule has 1 saturated heterocycles. The summed E-state index contributed by atoms with van der Waals surface area (Å²) < 4.78 is 14.9. The quantitative estimate of drug-likeness (QED) is 0.837. The normalized spacial score (nSPS) is 24.4. The van der Waals surface area contributed by atoms with E-state index in [1.807, 2.05) is 24.3 Å². The van der Waals surface area contributed by atoms with Crippen LogP contribution in [0.2, 0.25) is 0 Å². The summed E-state index contributed by atoms with van der Waals surface area (Å²) in [7, 11) is 4.24. The van der Waals surface area contributed by atoms with Gasteiger partial charge >= 0.3 is 11.9 Å². The Morgan fingerprint density at radius 1 is 1.10 bits per heavy atom. The number of carbonyl (C=O) groups excluding carboxylic acids is 2. The third-order valence-electron chi connectivity index (χ3n) is 3.74. The summed E-state index contributed by atoms with van der Waals surface area (Å²) in [6.07, 6.45) is 0.335. The molecule has 0 amide bonds. The Bertz CT molecular complexity index is 531. The fraction of sp³-hybridized carbons (Fsp3) is 0.467. The summed E-state index contributed by atoms with van der Waals surface area (Å²) in [5.41, 5.74) is 0.821. The maximum atomic E-state index is 12.0. The van der Waals surface area contributed by atoms with Crippen LogP contribution < -0.4 is 10.1 Å². The van der Waals surface area contributed by atoms with Gasteiger partial charge in [-0.3, -0.25) is 14.9 Å². The van der Waals surface area contributed by atoms with Crippen LogP contribution in [0.1, 0.15) is 18.0 Å². The lowest BCUT2D eigenvalue weighted by molar-refractivity contribution is -0.146. The zero-order valence-electron chi connectivity index (χ0n) is 12.3. The fourth-order valence-corrected chi connectivity index (χ4v) is 2.71. The first-order chi connectivity index (χ1) is 10.1. The summed E-state index contributed by atoms with van der Waals surface area (Å²) in [4.78, 5) is 23.7. The first-order valence-electron chi connectivity index (χ1n) is 6.67. The fourth-order valence-electron chi connectivity index (χ4n) is 2.71. The van der Waals surface area contributed by atoms with Crippen LogP contribution in [0.25, 0.3) is 0 Å². The van der Waals surface area contributed by atoms with Crippen molar-refractivity contribution >= 4 is 11.9 Å². The molecule has 0 aromatic heterocycles. The molecule has 3 atom stereocenters. The highest BCUT2D eigenvalue weighted by molar-refractivity contribution is 5.80. The number of benzene rings is 1. The third kappa shape index (κ3) is 3.00. The molecule has 0 aliphatic carbocycles. The Balaban J connectivity index is 2.34. The summed E-state index contributed by atoms with van der Waals surface area (Å²) in [6.45, 7) is 0. The van der Waals surface area contributed by atoms with E-state index in [1.54, 1.807) is 7.11 Å². The van der Waals surface area contributed by atoms with Gasteiger partial charge in [0.1, 0.15) is 11.8 Å². The van der Waals surface area contributed by atoms with E-state index in [1.165, 1.54) is 14.2 Å². The van der Waals surface area contributed by atoms with Crippen LogP contribution in [0.3, 0.4) is 0 Å². The largest absolute Gasteiger partial charge is 0.496 e. The molecule has 114 valence electrons. The van der Waals surface area contributed by atoms with E-state index in [0.717, 1.165) is 5.56 Å². The van der Waals surface area contributed by atoms with Gasteiger partial charge in [0.25, 0.3) is 0 Å². The van der Waals surface area contributed by atoms with Crippen molar-refractivity contribution in [2.24, 2.45) is 5.92 Å². The Morgan fingerprint density at radius 2 is 1.76 bits per heavy atom. The number of nitrogens with one attached hydrogen (secondary N) is 1. The van der Waals surface area contributed by atoms with Gasteiger partial charge in [-0.05, 0) is 12.5 Å². The minimum absolute atomic E-state index is 0.335. The van der Waals surface area contributed by atoms with Crippen molar-refractivity contribution in [3.63, 3.8) is 0 Å². The van der Waals surface area contributed by atoms with Crippen LogP contribution in [0.15, 0.2) is 24.3 Å². The van der Waals surface area contributed by atoms with Gasteiger partial charge in [0.15, 0.2) is 0 Å². The van der Waals surface area contributed by atoms with Gasteiger partial charge in [-0.2, -0.15) is 0 Å². The van der Waals surface area contributed by atoms with Crippen LogP contribution in [-0.2, 0) is 19.1 Å². The minimum atomic E-state index is -0.533. The number of hydrogen-bond acceptors (Lipinski definition) is 6. The Hall–Kier alpha value is -2.08. The number of carbonyl (C=O) groups is 2. The molecule has 1 aromatic carbocycles. The highest BCUT2D eigenvalue weighted by atomic mass is 16.5. The van der Waals surface area contributed by atoms with E-state index < -0.39 is 12.0 Å². The van der Waals surface area contributed by atoms with Gasteiger partial charge in [0.2, 0.25) is 0 Å². The number of para-hydroxylation sites is 1. The molecule has 1 unspecified atom stereocenters. The summed E-state index contributed by atoms with van der Waals surface area (Å²) in [5.74, 6) is -0.545. The summed E-state index contributed by atoms with van der Waals surface area (Å²) in [6, 6.07) is 6.51. The van der Waals surface area contributed by atoms with Gasteiger partial charge in [-0.25, -0.2) is 0 Å². The Kier molecular flexibility index (Phi) is 4.80. The van der Waals surface area contributed by atoms with Crippen LogP contribution in [0.5, 0.6) is 5.75 Å². The molecule has 1 aliphatic rings.